The molecule has 0 aromatic heterocycles. The van der Waals surface area contributed by atoms with Crippen molar-refractivity contribution >= 4 is 11.9 Å². The number of carbonyl (C=O) groups is 2. The molecule has 126 valence electrons. The Kier molecular flexibility index (Phi) is 5.95. The summed E-state index contributed by atoms with van der Waals surface area (Å²) in [5.74, 6) is -0.353. The van der Waals surface area contributed by atoms with Gasteiger partial charge in [-0.2, -0.15) is 0 Å². The number of aryl methyl sites for hydroxylation is 1. The first-order chi connectivity index (χ1) is 11.5. The molecular weight excluding hydrogens is 306 g/mol. The van der Waals surface area contributed by atoms with Crippen molar-refractivity contribution in [3.8, 4) is 5.75 Å². The Labute approximate surface area is 141 Å². The topological polar surface area (TPSA) is 64.6 Å². The summed E-state index contributed by atoms with van der Waals surface area (Å²) in [6.07, 6.45) is 0. The van der Waals surface area contributed by atoms with Crippen LogP contribution in [-0.4, -0.2) is 25.6 Å². The fourth-order valence-corrected chi connectivity index (χ4v) is 2.19. The summed E-state index contributed by atoms with van der Waals surface area (Å²) >= 11 is 0. The standard InChI is InChI=1S/C19H21NO4/c1-13-7-9-15(10-8-13)14(2)20-18(21)12-24-19(22)16-5-4-6-17(11-16)23-3/h4-11,14H,12H2,1-3H3,(H,20,21)/t14-/m1/s1. The van der Waals surface area contributed by atoms with E-state index in [9.17, 15) is 9.59 Å². The summed E-state index contributed by atoms with van der Waals surface area (Å²) in [6.45, 7) is 3.56. The van der Waals surface area contributed by atoms with E-state index in [-0.39, 0.29) is 18.6 Å². The number of hydrogen-bond donors (Lipinski definition) is 1. The third kappa shape index (κ3) is 4.84. The highest BCUT2D eigenvalue weighted by Crippen LogP contribution is 2.14. The molecule has 0 saturated heterocycles. The molecule has 2 aromatic rings. The van der Waals surface area contributed by atoms with E-state index in [0.717, 1.165) is 11.1 Å². The molecule has 0 radical (unpaired) electrons. The van der Waals surface area contributed by atoms with Gasteiger partial charge >= 0.3 is 5.97 Å². The van der Waals surface area contributed by atoms with Crippen LogP contribution in [0.2, 0.25) is 0 Å². The smallest absolute Gasteiger partial charge is 0.338 e. The summed E-state index contributed by atoms with van der Waals surface area (Å²) in [7, 11) is 1.52. The van der Waals surface area contributed by atoms with Gasteiger partial charge in [-0.05, 0) is 37.6 Å². The average Bonchev–Trinajstić information content (AvgIpc) is 2.60. The van der Waals surface area contributed by atoms with Crippen LogP contribution in [0.25, 0.3) is 0 Å². The second kappa shape index (κ2) is 8.15. The molecule has 0 fully saturated rings. The molecule has 0 heterocycles. The number of carbonyl (C=O) groups excluding carboxylic acids is 2. The van der Waals surface area contributed by atoms with Crippen molar-refractivity contribution in [3.05, 3.63) is 65.2 Å². The minimum absolute atomic E-state index is 0.159. The van der Waals surface area contributed by atoms with Crippen molar-refractivity contribution in [2.75, 3.05) is 13.7 Å². The van der Waals surface area contributed by atoms with Gasteiger partial charge in [0.15, 0.2) is 6.61 Å². The van der Waals surface area contributed by atoms with Crippen LogP contribution in [0.1, 0.15) is 34.5 Å². The van der Waals surface area contributed by atoms with Gasteiger partial charge in [0.25, 0.3) is 5.91 Å². The number of benzene rings is 2. The molecule has 2 rings (SSSR count). The Morgan fingerprint density at radius 3 is 2.50 bits per heavy atom. The number of hydrogen-bond acceptors (Lipinski definition) is 4. The highest BCUT2D eigenvalue weighted by atomic mass is 16.5. The normalized spacial score (nSPS) is 11.5. The highest BCUT2D eigenvalue weighted by molar-refractivity contribution is 5.91. The van der Waals surface area contributed by atoms with Gasteiger partial charge in [-0.15, -0.1) is 0 Å². The summed E-state index contributed by atoms with van der Waals surface area (Å²) < 4.78 is 10.1. The first kappa shape index (κ1) is 17.5. The van der Waals surface area contributed by atoms with E-state index >= 15 is 0 Å². The molecule has 24 heavy (non-hydrogen) atoms. The summed E-state index contributed by atoms with van der Waals surface area (Å²) in [6, 6.07) is 14.3. The van der Waals surface area contributed by atoms with Crippen molar-refractivity contribution in [2.24, 2.45) is 0 Å². The summed E-state index contributed by atoms with van der Waals surface area (Å²) in [4.78, 5) is 23.9. The van der Waals surface area contributed by atoms with Crippen LogP contribution < -0.4 is 10.1 Å². The zero-order valence-electron chi connectivity index (χ0n) is 14.0. The molecule has 1 amide bonds. The summed E-state index contributed by atoms with van der Waals surface area (Å²) in [5, 5.41) is 2.80. The second-order valence-electron chi connectivity index (χ2n) is 5.51. The van der Waals surface area contributed by atoms with Gasteiger partial charge < -0.3 is 14.8 Å². The molecule has 2 aromatic carbocycles. The molecule has 0 bridgehead atoms. The Bertz CT molecular complexity index is 710. The Morgan fingerprint density at radius 1 is 1.12 bits per heavy atom. The number of ether oxygens (including phenoxy) is 2. The maximum absolute atomic E-state index is 12.0. The van der Waals surface area contributed by atoms with Crippen LogP contribution >= 0.6 is 0 Å². The van der Waals surface area contributed by atoms with E-state index in [1.165, 1.54) is 7.11 Å². The summed E-state index contributed by atoms with van der Waals surface area (Å²) in [5.41, 5.74) is 2.49. The molecule has 0 spiro atoms. The van der Waals surface area contributed by atoms with E-state index in [2.05, 4.69) is 5.32 Å². The molecule has 5 heteroatoms. The van der Waals surface area contributed by atoms with Crippen molar-refractivity contribution < 1.29 is 19.1 Å². The van der Waals surface area contributed by atoms with Crippen molar-refractivity contribution in [2.45, 2.75) is 19.9 Å². The van der Waals surface area contributed by atoms with E-state index in [4.69, 9.17) is 9.47 Å². The first-order valence-corrected chi connectivity index (χ1v) is 7.66. The van der Waals surface area contributed by atoms with Crippen LogP contribution in [0.15, 0.2) is 48.5 Å². The minimum atomic E-state index is -0.563. The number of esters is 1. The van der Waals surface area contributed by atoms with Crippen molar-refractivity contribution in [3.63, 3.8) is 0 Å². The lowest BCUT2D eigenvalue weighted by molar-refractivity contribution is -0.124. The van der Waals surface area contributed by atoms with Gasteiger partial charge in [-0.1, -0.05) is 35.9 Å². The zero-order valence-corrected chi connectivity index (χ0v) is 14.0. The maximum Gasteiger partial charge on any atom is 0.338 e. The van der Waals surface area contributed by atoms with Gasteiger partial charge in [0.2, 0.25) is 0 Å². The van der Waals surface area contributed by atoms with Gasteiger partial charge in [-0.25, -0.2) is 4.79 Å². The van der Waals surface area contributed by atoms with Crippen LogP contribution in [0, 0.1) is 6.92 Å². The van der Waals surface area contributed by atoms with Crippen LogP contribution in [-0.2, 0) is 9.53 Å². The third-order valence-corrected chi connectivity index (χ3v) is 3.59. The first-order valence-electron chi connectivity index (χ1n) is 7.66. The van der Waals surface area contributed by atoms with Crippen molar-refractivity contribution in [1.29, 1.82) is 0 Å². The SMILES string of the molecule is COc1cccc(C(=O)OCC(=O)N[C@H](C)c2ccc(C)cc2)c1. The second-order valence-corrected chi connectivity index (χ2v) is 5.51. The zero-order chi connectivity index (χ0) is 17.5. The monoisotopic (exact) mass is 327 g/mol. The van der Waals surface area contributed by atoms with Gasteiger partial charge in [0, 0.05) is 0 Å². The Morgan fingerprint density at radius 2 is 1.83 bits per heavy atom. The molecular formula is C19H21NO4. The largest absolute Gasteiger partial charge is 0.497 e. The molecule has 5 nitrogen and oxygen atoms in total. The predicted octanol–water partition coefficient (Wildman–Crippen LogP) is 3.04. The molecule has 0 aliphatic heterocycles. The highest BCUT2D eigenvalue weighted by Gasteiger charge is 2.13. The fourth-order valence-electron chi connectivity index (χ4n) is 2.19. The molecule has 1 atom stereocenters. The van der Waals surface area contributed by atoms with E-state index in [1.54, 1.807) is 24.3 Å². The van der Waals surface area contributed by atoms with E-state index in [1.807, 2.05) is 38.1 Å². The maximum atomic E-state index is 12.0. The van der Waals surface area contributed by atoms with Crippen LogP contribution in [0.3, 0.4) is 0 Å². The van der Waals surface area contributed by atoms with E-state index < -0.39 is 5.97 Å². The molecule has 0 aliphatic carbocycles. The lowest BCUT2D eigenvalue weighted by Crippen LogP contribution is -2.31. The minimum Gasteiger partial charge on any atom is -0.497 e. The van der Waals surface area contributed by atoms with Crippen LogP contribution in [0.4, 0.5) is 0 Å². The molecule has 0 unspecified atom stereocenters. The van der Waals surface area contributed by atoms with Gasteiger partial charge in [0.05, 0.1) is 18.7 Å². The van der Waals surface area contributed by atoms with Crippen molar-refractivity contribution in [1.82, 2.24) is 5.32 Å². The van der Waals surface area contributed by atoms with Gasteiger partial charge in [0.1, 0.15) is 5.75 Å². The third-order valence-electron chi connectivity index (χ3n) is 3.59. The molecule has 1 N–H and O–H groups in total. The number of nitrogens with one attached hydrogen (secondary N) is 1. The predicted molar refractivity (Wildman–Crippen MR) is 91.0 cm³/mol. The number of methoxy groups -OCH3 is 1. The van der Waals surface area contributed by atoms with E-state index in [0.29, 0.717) is 11.3 Å². The quantitative estimate of drug-likeness (QED) is 0.828. The number of amides is 1. The Hall–Kier alpha value is -2.82. The van der Waals surface area contributed by atoms with Gasteiger partial charge in [-0.3, -0.25) is 4.79 Å². The van der Waals surface area contributed by atoms with Crippen LogP contribution in [0.5, 0.6) is 5.75 Å². The fraction of sp³-hybridized carbons (Fsp3) is 0.263. The average molecular weight is 327 g/mol. The molecule has 0 aliphatic rings. The lowest BCUT2D eigenvalue weighted by atomic mass is 10.1. The number of rotatable bonds is 6. The lowest BCUT2D eigenvalue weighted by Gasteiger charge is -2.14. The Balaban J connectivity index is 1.86. The molecule has 0 saturated carbocycles.